The van der Waals surface area contributed by atoms with Gasteiger partial charge in [0.2, 0.25) is 0 Å². The van der Waals surface area contributed by atoms with Gasteiger partial charge in [-0.3, -0.25) is 9.36 Å². The van der Waals surface area contributed by atoms with E-state index < -0.39 is 0 Å². The van der Waals surface area contributed by atoms with Crippen molar-refractivity contribution in [1.82, 2.24) is 9.55 Å². The first-order valence-corrected chi connectivity index (χ1v) is 8.89. The van der Waals surface area contributed by atoms with Gasteiger partial charge >= 0.3 is 0 Å². The fourth-order valence-corrected chi connectivity index (χ4v) is 3.46. The summed E-state index contributed by atoms with van der Waals surface area (Å²) in [5.41, 5.74) is 1.55. The molecule has 5 heteroatoms. The Labute approximate surface area is 141 Å². The molecular formula is C17H15BrN2OS. The molecule has 0 aliphatic carbocycles. The van der Waals surface area contributed by atoms with Gasteiger partial charge in [0.15, 0.2) is 5.16 Å². The van der Waals surface area contributed by atoms with Crippen LogP contribution in [0.1, 0.15) is 13.3 Å². The van der Waals surface area contributed by atoms with Crippen LogP contribution in [-0.2, 0) is 0 Å². The minimum absolute atomic E-state index is 0.0314. The van der Waals surface area contributed by atoms with Gasteiger partial charge in [-0.1, -0.05) is 52.8 Å². The zero-order chi connectivity index (χ0) is 15.5. The van der Waals surface area contributed by atoms with Gasteiger partial charge in [-0.2, -0.15) is 0 Å². The van der Waals surface area contributed by atoms with E-state index >= 15 is 0 Å². The lowest BCUT2D eigenvalue weighted by atomic mass is 10.2. The second-order valence-corrected chi connectivity index (χ2v) is 6.86. The van der Waals surface area contributed by atoms with Crippen molar-refractivity contribution >= 4 is 38.6 Å². The van der Waals surface area contributed by atoms with Crippen LogP contribution in [-0.4, -0.2) is 15.3 Å². The van der Waals surface area contributed by atoms with Crippen molar-refractivity contribution in [2.45, 2.75) is 18.5 Å². The molecule has 0 atom stereocenters. The van der Waals surface area contributed by atoms with Crippen LogP contribution in [0.25, 0.3) is 16.6 Å². The highest BCUT2D eigenvalue weighted by atomic mass is 79.9. The second-order valence-electron chi connectivity index (χ2n) is 4.88. The van der Waals surface area contributed by atoms with Crippen LogP contribution >= 0.6 is 27.7 Å². The van der Waals surface area contributed by atoms with Crippen LogP contribution < -0.4 is 5.56 Å². The molecule has 0 radical (unpaired) electrons. The van der Waals surface area contributed by atoms with Crippen LogP contribution in [0.3, 0.4) is 0 Å². The predicted octanol–water partition coefficient (Wildman–Crippen LogP) is 4.65. The lowest BCUT2D eigenvalue weighted by molar-refractivity contribution is 0.818. The van der Waals surface area contributed by atoms with E-state index in [9.17, 15) is 4.79 Å². The molecule has 0 saturated heterocycles. The van der Waals surface area contributed by atoms with Crippen molar-refractivity contribution in [2.75, 3.05) is 5.75 Å². The molecule has 0 unspecified atom stereocenters. The maximum Gasteiger partial charge on any atom is 0.266 e. The topological polar surface area (TPSA) is 34.9 Å². The highest BCUT2D eigenvalue weighted by Crippen LogP contribution is 2.23. The number of rotatable bonds is 4. The molecule has 0 bridgehead atoms. The number of thioether (sulfide) groups is 1. The Morgan fingerprint density at radius 2 is 1.95 bits per heavy atom. The van der Waals surface area contributed by atoms with Crippen molar-refractivity contribution in [3.63, 3.8) is 0 Å². The van der Waals surface area contributed by atoms with Crippen LogP contribution in [0.2, 0.25) is 0 Å². The van der Waals surface area contributed by atoms with E-state index in [1.54, 1.807) is 16.3 Å². The first kappa shape index (κ1) is 15.3. The molecule has 1 heterocycles. The lowest BCUT2D eigenvalue weighted by Gasteiger charge is -2.13. The van der Waals surface area contributed by atoms with Crippen LogP contribution in [0.5, 0.6) is 0 Å². The van der Waals surface area contributed by atoms with Gasteiger partial charge in [0.25, 0.3) is 5.56 Å². The smallest absolute Gasteiger partial charge is 0.266 e. The molecule has 0 N–H and O–H groups in total. The average Bonchev–Trinajstić information content (AvgIpc) is 2.54. The fraction of sp³-hybridized carbons (Fsp3) is 0.176. The highest BCUT2D eigenvalue weighted by molar-refractivity contribution is 9.10. The maximum atomic E-state index is 13.0. The Balaban J connectivity index is 2.30. The SMILES string of the molecule is CCCSc1nc2ccc(Br)cc2c(=O)n1-c1ccccc1. The molecule has 3 aromatic rings. The molecule has 0 amide bonds. The number of benzene rings is 2. The van der Waals surface area contributed by atoms with Crippen LogP contribution in [0, 0.1) is 0 Å². The molecule has 22 heavy (non-hydrogen) atoms. The Morgan fingerprint density at radius 1 is 1.18 bits per heavy atom. The van der Waals surface area contributed by atoms with Gasteiger partial charge in [-0.15, -0.1) is 0 Å². The minimum atomic E-state index is -0.0314. The van der Waals surface area contributed by atoms with E-state index in [2.05, 4.69) is 22.9 Å². The van der Waals surface area contributed by atoms with Crippen molar-refractivity contribution in [2.24, 2.45) is 0 Å². The highest BCUT2D eigenvalue weighted by Gasteiger charge is 2.13. The molecule has 0 saturated carbocycles. The molecule has 1 aromatic heterocycles. The maximum absolute atomic E-state index is 13.0. The Morgan fingerprint density at radius 3 is 2.68 bits per heavy atom. The summed E-state index contributed by atoms with van der Waals surface area (Å²) >= 11 is 5.04. The van der Waals surface area contributed by atoms with Crippen molar-refractivity contribution in [3.05, 3.63) is 63.4 Å². The summed E-state index contributed by atoms with van der Waals surface area (Å²) in [4.78, 5) is 17.6. The Bertz CT molecular complexity index is 862. The Kier molecular flexibility index (Phi) is 4.64. The van der Waals surface area contributed by atoms with Crippen molar-refractivity contribution < 1.29 is 0 Å². The van der Waals surface area contributed by atoms with Gasteiger partial charge in [0.1, 0.15) is 0 Å². The van der Waals surface area contributed by atoms with Gasteiger partial charge in [0, 0.05) is 10.2 Å². The summed E-state index contributed by atoms with van der Waals surface area (Å²) in [5, 5.41) is 1.37. The molecule has 0 spiro atoms. The summed E-state index contributed by atoms with van der Waals surface area (Å²) in [6.07, 6.45) is 1.04. The molecule has 0 aliphatic heterocycles. The summed E-state index contributed by atoms with van der Waals surface area (Å²) in [5.74, 6) is 0.932. The summed E-state index contributed by atoms with van der Waals surface area (Å²) in [6, 6.07) is 15.3. The van der Waals surface area contributed by atoms with E-state index in [1.807, 2.05) is 48.5 Å². The number of hydrogen-bond acceptors (Lipinski definition) is 3. The molecule has 3 nitrogen and oxygen atoms in total. The van der Waals surface area contributed by atoms with E-state index in [0.717, 1.165) is 33.0 Å². The standard InChI is InChI=1S/C17H15BrN2OS/c1-2-10-22-17-19-15-9-8-12(18)11-14(15)16(21)20(17)13-6-4-3-5-7-13/h3-9,11H,2,10H2,1H3. The molecule has 0 aliphatic rings. The summed E-state index contributed by atoms with van der Waals surface area (Å²) in [7, 11) is 0. The first-order chi connectivity index (χ1) is 10.7. The third-order valence-corrected chi connectivity index (χ3v) is 4.89. The van der Waals surface area contributed by atoms with Gasteiger partial charge < -0.3 is 0 Å². The van der Waals surface area contributed by atoms with E-state index in [0.29, 0.717) is 5.39 Å². The first-order valence-electron chi connectivity index (χ1n) is 7.11. The molecule has 2 aromatic carbocycles. The zero-order valence-electron chi connectivity index (χ0n) is 12.1. The number of aromatic nitrogens is 2. The largest absolute Gasteiger partial charge is 0.268 e. The number of fused-ring (bicyclic) bond motifs is 1. The van der Waals surface area contributed by atoms with Crippen molar-refractivity contribution in [3.8, 4) is 5.69 Å². The Hall–Kier alpha value is -1.59. The van der Waals surface area contributed by atoms with Crippen LogP contribution in [0.4, 0.5) is 0 Å². The normalized spacial score (nSPS) is 11.0. The van der Waals surface area contributed by atoms with E-state index in [-0.39, 0.29) is 5.56 Å². The number of para-hydroxylation sites is 1. The average molecular weight is 375 g/mol. The van der Waals surface area contributed by atoms with Gasteiger partial charge in [0.05, 0.1) is 16.6 Å². The van der Waals surface area contributed by atoms with Crippen molar-refractivity contribution in [1.29, 1.82) is 0 Å². The van der Waals surface area contributed by atoms with Gasteiger partial charge in [-0.05, 0) is 36.8 Å². The third-order valence-electron chi connectivity index (χ3n) is 3.25. The monoisotopic (exact) mass is 374 g/mol. The summed E-state index contributed by atoms with van der Waals surface area (Å²) in [6.45, 7) is 2.12. The molecule has 112 valence electrons. The number of halogens is 1. The van der Waals surface area contributed by atoms with Gasteiger partial charge in [-0.25, -0.2) is 4.98 Å². The third kappa shape index (κ3) is 2.96. The zero-order valence-corrected chi connectivity index (χ0v) is 14.5. The van der Waals surface area contributed by atoms with E-state index in [4.69, 9.17) is 4.98 Å². The van der Waals surface area contributed by atoms with E-state index in [1.165, 1.54) is 0 Å². The predicted molar refractivity (Wildman–Crippen MR) is 96.1 cm³/mol. The van der Waals surface area contributed by atoms with Crippen LogP contribution in [0.15, 0.2) is 63.0 Å². The number of nitrogens with zero attached hydrogens (tertiary/aromatic N) is 2. The molecular weight excluding hydrogens is 360 g/mol. The second kappa shape index (κ2) is 6.67. The summed E-state index contributed by atoms with van der Waals surface area (Å²) < 4.78 is 2.59. The number of hydrogen-bond donors (Lipinski definition) is 0. The quantitative estimate of drug-likeness (QED) is 0.492. The minimum Gasteiger partial charge on any atom is -0.268 e. The molecule has 3 rings (SSSR count). The molecule has 0 fully saturated rings. The fourth-order valence-electron chi connectivity index (χ4n) is 2.23. The lowest BCUT2D eigenvalue weighted by Crippen LogP contribution is -2.21.